The Morgan fingerprint density at radius 2 is 1.85 bits per heavy atom. The number of carbonyl (C=O) groups excluding carboxylic acids is 1. The summed E-state index contributed by atoms with van der Waals surface area (Å²) >= 11 is 3.24. The lowest BCUT2D eigenvalue weighted by Crippen LogP contribution is -2.18. The Morgan fingerprint density at radius 3 is 2.48 bits per heavy atom. The van der Waals surface area contributed by atoms with Crippen molar-refractivity contribution in [3.8, 4) is 17.2 Å². The predicted octanol–water partition coefficient (Wildman–Crippen LogP) is 4.65. The maximum atomic E-state index is 13.7. The number of carbonyl (C=O) groups is 1. The van der Waals surface area contributed by atoms with Gasteiger partial charge in [-0.05, 0) is 58.9 Å². The van der Waals surface area contributed by atoms with Crippen LogP contribution in [0.2, 0.25) is 0 Å². The number of anilines is 1. The summed E-state index contributed by atoms with van der Waals surface area (Å²) in [6, 6.07) is 9.47. The lowest BCUT2D eigenvalue weighted by atomic mass is 10.0. The first-order chi connectivity index (χ1) is 16.0. The molecule has 2 N–H and O–H groups in total. The van der Waals surface area contributed by atoms with E-state index in [0.29, 0.717) is 41.8 Å². The van der Waals surface area contributed by atoms with Gasteiger partial charge in [0.05, 0.1) is 19.0 Å². The number of hydrogen-bond acceptors (Lipinski definition) is 6. The molecule has 172 valence electrons. The van der Waals surface area contributed by atoms with E-state index in [1.165, 1.54) is 12.3 Å². The van der Waals surface area contributed by atoms with Gasteiger partial charge in [0.1, 0.15) is 27.7 Å². The molecule has 1 amide bonds. The maximum Gasteiger partial charge on any atom is 0.212 e. The van der Waals surface area contributed by atoms with Gasteiger partial charge in [0.25, 0.3) is 0 Å². The third kappa shape index (κ3) is 5.28. The second-order valence-corrected chi connectivity index (χ2v) is 8.23. The van der Waals surface area contributed by atoms with E-state index >= 15 is 0 Å². The Kier molecular flexibility index (Phi) is 7.14. The molecule has 1 fully saturated rings. The molecular formula is C23H21BrF2N4O3. The van der Waals surface area contributed by atoms with E-state index in [9.17, 15) is 13.6 Å². The van der Waals surface area contributed by atoms with Gasteiger partial charge in [-0.15, -0.1) is 0 Å². The number of pyridine rings is 2. The van der Waals surface area contributed by atoms with Crippen molar-refractivity contribution in [2.75, 3.05) is 18.5 Å². The van der Waals surface area contributed by atoms with Crippen LogP contribution in [0.5, 0.6) is 17.2 Å². The largest absolute Gasteiger partial charge is 0.490 e. The zero-order chi connectivity index (χ0) is 23.4. The van der Waals surface area contributed by atoms with Crippen molar-refractivity contribution in [3.63, 3.8) is 0 Å². The number of benzene rings is 1. The summed E-state index contributed by atoms with van der Waals surface area (Å²) in [6.45, 7) is 3.33. The molecule has 5 rings (SSSR count). The molecule has 0 radical (unpaired) electrons. The summed E-state index contributed by atoms with van der Waals surface area (Å²) in [5.41, 5.74) is 0.419. The van der Waals surface area contributed by atoms with Gasteiger partial charge in [0, 0.05) is 23.4 Å². The van der Waals surface area contributed by atoms with Crippen LogP contribution in [0.1, 0.15) is 18.4 Å². The Bertz CT molecular complexity index is 1120. The lowest BCUT2D eigenvalue weighted by Gasteiger charge is -2.16. The van der Waals surface area contributed by atoms with Crippen molar-refractivity contribution in [1.29, 1.82) is 0 Å². The fraction of sp³-hybridized carbons (Fsp3) is 0.261. The van der Waals surface area contributed by atoms with Crippen LogP contribution in [-0.4, -0.2) is 35.6 Å². The molecular weight excluding hydrogens is 498 g/mol. The predicted molar refractivity (Wildman–Crippen MR) is 121 cm³/mol. The Hall–Kier alpha value is -3.11. The topological polar surface area (TPSA) is 85.4 Å². The molecule has 1 aromatic carbocycles. The summed E-state index contributed by atoms with van der Waals surface area (Å²) in [4.78, 5) is 18.2. The minimum absolute atomic E-state index is 0.0828. The summed E-state index contributed by atoms with van der Waals surface area (Å²) < 4.78 is 38.7. The third-order valence-electron chi connectivity index (χ3n) is 5.34. The second-order valence-electron chi connectivity index (χ2n) is 7.42. The first kappa shape index (κ1) is 23.1. The molecule has 7 nitrogen and oxygen atoms in total. The van der Waals surface area contributed by atoms with Crippen molar-refractivity contribution in [3.05, 3.63) is 70.6 Å². The van der Waals surface area contributed by atoms with E-state index in [2.05, 4.69) is 36.5 Å². The minimum atomic E-state index is -0.461. The first-order valence-electron chi connectivity index (χ1n) is 10.3. The minimum Gasteiger partial charge on any atom is -0.490 e. The molecule has 2 aromatic heterocycles. The van der Waals surface area contributed by atoms with E-state index in [1.807, 2.05) is 6.92 Å². The molecule has 0 saturated heterocycles. The van der Waals surface area contributed by atoms with Gasteiger partial charge < -0.3 is 20.1 Å². The number of halogens is 3. The lowest BCUT2D eigenvalue weighted by molar-refractivity contribution is -0.105. The molecule has 3 aromatic rings. The van der Waals surface area contributed by atoms with E-state index in [4.69, 9.17) is 9.47 Å². The van der Waals surface area contributed by atoms with Crippen LogP contribution in [0.3, 0.4) is 0 Å². The Morgan fingerprint density at radius 1 is 1.12 bits per heavy atom. The van der Waals surface area contributed by atoms with E-state index in [1.54, 1.807) is 30.5 Å². The van der Waals surface area contributed by atoms with E-state index < -0.39 is 5.82 Å². The molecule has 3 unspecified atom stereocenters. The first-order valence-corrected chi connectivity index (χ1v) is 11.1. The van der Waals surface area contributed by atoms with Crippen LogP contribution < -0.4 is 20.1 Å². The number of fused-ring (bicyclic) bond motifs is 3. The number of likely N-dealkylation sites (N-methyl/N-ethyl adjacent to an activating group) is 1. The zero-order valence-electron chi connectivity index (χ0n) is 17.6. The SMILES string of the molecule is CCNC1C2COc3c(F)ccc(F)c3C21.O=CNc1ccc(Oc2ccc(Br)nc2)cn1. The quantitative estimate of drug-likeness (QED) is 0.365. The Balaban J connectivity index is 0.000000157. The molecule has 1 saturated carbocycles. The van der Waals surface area contributed by atoms with Gasteiger partial charge in [0.2, 0.25) is 6.41 Å². The van der Waals surface area contributed by atoms with Crippen LogP contribution in [0.25, 0.3) is 0 Å². The highest BCUT2D eigenvalue weighted by molar-refractivity contribution is 9.10. The molecule has 0 bridgehead atoms. The average Bonchev–Trinajstić information content (AvgIpc) is 3.53. The van der Waals surface area contributed by atoms with Crippen LogP contribution >= 0.6 is 15.9 Å². The molecule has 33 heavy (non-hydrogen) atoms. The maximum absolute atomic E-state index is 13.7. The van der Waals surface area contributed by atoms with Gasteiger partial charge in [-0.3, -0.25) is 4.79 Å². The fourth-order valence-corrected chi connectivity index (χ4v) is 4.05. The van der Waals surface area contributed by atoms with E-state index in [-0.39, 0.29) is 23.5 Å². The van der Waals surface area contributed by atoms with Crippen molar-refractivity contribution < 1.29 is 23.0 Å². The second kappa shape index (κ2) is 10.2. The number of rotatable bonds is 6. The summed E-state index contributed by atoms with van der Waals surface area (Å²) in [5.74, 6) is 1.34. The summed E-state index contributed by atoms with van der Waals surface area (Å²) in [5, 5.41) is 5.72. The van der Waals surface area contributed by atoms with Gasteiger partial charge in [-0.25, -0.2) is 18.7 Å². The van der Waals surface area contributed by atoms with Gasteiger partial charge in [0.15, 0.2) is 11.6 Å². The monoisotopic (exact) mass is 518 g/mol. The zero-order valence-corrected chi connectivity index (χ0v) is 19.2. The van der Waals surface area contributed by atoms with Crippen molar-refractivity contribution in [2.24, 2.45) is 5.92 Å². The highest BCUT2D eigenvalue weighted by Crippen LogP contribution is 2.55. The highest BCUT2D eigenvalue weighted by Gasteiger charge is 2.56. The van der Waals surface area contributed by atoms with Crippen molar-refractivity contribution in [1.82, 2.24) is 15.3 Å². The number of nitrogens with zero attached hydrogens (tertiary/aromatic N) is 2. The molecule has 10 heteroatoms. The van der Waals surface area contributed by atoms with Crippen molar-refractivity contribution >= 4 is 28.2 Å². The van der Waals surface area contributed by atoms with Crippen LogP contribution in [0, 0.1) is 17.6 Å². The summed E-state index contributed by atoms with van der Waals surface area (Å²) in [7, 11) is 0. The number of nitrogens with one attached hydrogen (secondary N) is 2. The van der Waals surface area contributed by atoms with Gasteiger partial charge in [-0.2, -0.15) is 0 Å². The fourth-order valence-electron chi connectivity index (χ4n) is 3.82. The molecule has 1 aliphatic carbocycles. The van der Waals surface area contributed by atoms with Crippen molar-refractivity contribution in [2.45, 2.75) is 18.9 Å². The van der Waals surface area contributed by atoms with E-state index in [0.717, 1.165) is 17.2 Å². The molecule has 3 atom stereocenters. The van der Waals surface area contributed by atoms with Crippen LogP contribution in [0.4, 0.5) is 14.6 Å². The normalized spacial score (nSPS) is 19.7. The number of ether oxygens (including phenoxy) is 2. The van der Waals surface area contributed by atoms with Crippen LogP contribution in [-0.2, 0) is 4.79 Å². The number of aromatic nitrogens is 2. The average molecular weight is 519 g/mol. The molecule has 2 aliphatic rings. The molecule has 0 spiro atoms. The molecule has 1 aliphatic heterocycles. The van der Waals surface area contributed by atoms with Crippen LogP contribution in [0.15, 0.2) is 53.4 Å². The molecule has 3 heterocycles. The number of amides is 1. The number of hydrogen-bond donors (Lipinski definition) is 2. The van der Waals surface area contributed by atoms with Gasteiger partial charge in [-0.1, -0.05) is 6.92 Å². The summed E-state index contributed by atoms with van der Waals surface area (Å²) in [6.07, 6.45) is 3.69. The Labute approximate surface area is 197 Å². The van der Waals surface area contributed by atoms with Gasteiger partial charge >= 0.3 is 0 Å². The smallest absolute Gasteiger partial charge is 0.212 e. The highest BCUT2D eigenvalue weighted by atomic mass is 79.9. The third-order valence-corrected chi connectivity index (χ3v) is 5.80. The standard InChI is InChI=1S/C12H13F2NO.C11H8BrN3O2/c1-2-15-11-6-5-16-12-8(14)4-3-7(13)10(12)9(6)11;12-10-3-1-8(5-13-10)17-9-2-4-11(14-6-9)15-7-16/h3-4,6,9,11,15H,2,5H2,1H3;1-7H,(H,14,15,16).